The van der Waals surface area contributed by atoms with E-state index in [0.29, 0.717) is 93.0 Å². The molecule has 506 valence electrons. The minimum atomic E-state index is -1.42. The summed E-state index contributed by atoms with van der Waals surface area (Å²) in [4.78, 5) is 4.78. The summed E-state index contributed by atoms with van der Waals surface area (Å²) in [5.74, 6) is -16.5. The first-order valence-electron chi connectivity index (χ1n) is 32.7. The van der Waals surface area contributed by atoms with Crippen LogP contribution in [0.4, 0.5) is 121 Å². The monoisotopic (exact) mass is 1390 g/mol. The molecule has 0 heterocycles. The van der Waals surface area contributed by atoms with Crippen LogP contribution < -0.4 is 19.6 Å². The van der Waals surface area contributed by atoms with E-state index in [1.165, 1.54) is 31.7 Å². The van der Waals surface area contributed by atoms with Crippen LogP contribution >= 0.6 is 0 Å². The van der Waals surface area contributed by atoms with Gasteiger partial charge in [0.15, 0.2) is 46.5 Å². The predicted octanol–water partition coefficient (Wildman–Crippen LogP) is 26.8. The molecule has 0 aliphatic carbocycles. The zero-order valence-electron chi connectivity index (χ0n) is 54.2. The molecular formula is C88H50F12N4. The second-order valence-corrected chi connectivity index (χ2v) is 24.6. The molecule has 16 aromatic carbocycles. The quantitative estimate of drug-likeness (QED) is 0.0706. The minimum Gasteiger partial charge on any atom is -0.304 e. The molecule has 0 radical (unpaired) electrons. The van der Waals surface area contributed by atoms with E-state index in [4.69, 9.17) is 0 Å². The molecule has 0 fully saturated rings. The third-order valence-electron chi connectivity index (χ3n) is 18.5. The molecule has 0 unspecified atom stereocenters. The zero-order chi connectivity index (χ0) is 71.6. The van der Waals surface area contributed by atoms with Crippen LogP contribution in [0.5, 0.6) is 0 Å². The Morgan fingerprint density at radius 2 is 0.337 bits per heavy atom. The fourth-order valence-electron chi connectivity index (χ4n) is 14.3. The van der Waals surface area contributed by atoms with Crippen LogP contribution in [0.15, 0.2) is 303 Å². The summed E-state index contributed by atoms with van der Waals surface area (Å²) in [7, 11) is 0. The number of benzene rings is 16. The van der Waals surface area contributed by atoms with Gasteiger partial charge in [0.2, 0.25) is 0 Å². The van der Waals surface area contributed by atoms with E-state index in [9.17, 15) is 0 Å². The highest BCUT2D eigenvalue weighted by Crippen LogP contribution is 2.59. The first-order chi connectivity index (χ1) is 50.6. The fourth-order valence-corrected chi connectivity index (χ4v) is 14.3. The van der Waals surface area contributed by atoms with E-state index in [1.54, 1.807) is 243 Å². The van der Waals surface area contributed by atoms with Crippen molar-refractivity contribution in [2.24, 2.45) is 0 Å². The summed E-state index contributed by atoms with van der Waals surface area (Å²) in [5.41, 5.74) is -0.484. The lowest BCUT2D eigenvalue weighted by atomic mass is 9.88. The lowest BCUT2D eigenvalue weighted by molar-refractivity contribution is 0.544. The zero-order valence-corrected chi connectivity index (χ0v) is 54.2. The maximum Gasteiger partial charge on any atom is 0.153 e. The van der Waals surface area contributed by atoms with Crippen LogP contribution in [0.2, 0.25) is 0 Å². The predicted molar refractivity (Wildman–Crippen MR) is 390 cm³/mol. The molecule has 16 rings (SSSR count). The second kappa shape index (κ2) is 26.8. The smallest absolute Gasteiger partial charge is 0.153 e. The van der Waals surface area contributed by atoms with Gasteiger partial charge in [0, 0.05) is 103 Å². The van der Waals surface area contributed by atoms with Crippen LogP contribution in [-0.4, -0.2) is 0 Å². The Kier molecular flexibility index (Phi) is 16.9. The molecule has 4 nitrogen and oxygen atoms in total. The number of para-hydroxylation sites is 4. The molecule has 0 atom stereocenters. The van der Waals surface area contributed by atoms with E-state index in [0.717, 1.165) is 0 Å². The van der Waals surface area contributed by atoms with Gasteiger partial charge in [-0.05, 0) is 58.7 Å². The Hall–Kier alpha value is -13.1. The van der Waals surface area contributed by atoms with Gasteiger partial charge in [0.05, 0.1) is 45.5 Å². The maximum absolute atomic E-state index is 17.8. The number of rotatable bonds is 16. The fraction of sp³-hybridized carbons (Fsp3) is 0. The molecule has 0 N–H and O–H groups in total. The highest BCUT2D eigenvalue weighted by molar-refractivity contribution is 6.33. The maximum atomic E-state index is 17.8. The highest BCUT2D eigenvalue weighted by Gasteiger charge is 2.36. The molecule has 0 aromatic heterocycles. The molecule has 0 bridgehead atoms. The first-order valence-corrected chi connectivity index (χ1v) is 32.7. The van der Waals surface area contributed by atoms with E-state index >= 15 is 52.7 Å². The Labute approximate surface area is 587 Å². The Morgan fingerprint density at radius 1 is 0.163 bits per heavy atom. The lowest BCUT2D eigenvalue weighted by Gasteiger charge is -2.36. The van der Waals surface area contributed by atoms with E-state index in [1.807, 2.05) is 0 Å². The number of hydrogen-bond acceptors (Lipinski definition) is 4. The van der Waals surface area contributed by atoms with Gasteiger partial charge in [-0.2, -0.15) is 0 Å². The third-order valence-corrected chi connectivity index (χ3v) is 18.5. The average molecular weight is 1390 g/mol. The molecule has 0 saturated heterocycles. The number of nitrogens with zero attached hydrogens (tertiary/aromatic N) is 4. The van der Waals surface area contributed by atoms with Crippen molar-refractivity contribution >= 4 is 101 Å². The second-order valence-electron chi connectivity index (χ2n) is 24.6. The first kappa shape index (κ1) is 65.5. The van der Waals surface area contributed by atoms with Crippen LogP contribution in [0.1, 0.15) is 0 Å². The van der Waals surface area contributed by atoms with E-state index in [-0.39, 0.29) is 77.8 Å². The van der Waals surface area contributed by atoms with Gasteiger partial charge in [-0.25, -0.2) is 52.7 Å². The van der Waals surface area contributed by atoms with Crippen molar-refractivity contribution in [1.29, 1.82) is 0 Å². The van der Waals surface area contributed by atoms with Crippen molar-refractivity contribution in [1.82, 2.24) is 0 Å². The normalized spacial score (nSPS) is 11.5. The van der Waals surface area contributed by atoms with E-state index in [2.05, 4.69) is 0 Å². The van der Waals surface area contributed by atoms with Crippen LogP contribution in [-0.2, 0) is 0 Å². The molecule has 0 aliphatic rings. The molecule has 16 heteroatoms. The summed E-state index contributed by atoms with van der Waals surface area (Å²) < 4.78 is 205. The van der Waals surface area contributed by atoms with Crippen molar-refractivity contribution in [2.75, 3.05) is 19.6 Å². The summed E-state index contributed by atoms with van der Waals surface area (Å²) in [6.07, 6.45) is 0. The summed E-state index contributed by atoms with van der Waals surface area (Å²) in [6.45, 7) is 0. The SMILES string of the molecule is Fc1cc(F)c(N(c2ccccc2-c2ccccc2)c2cc(N(c3ccccc3-c3ccccc3)c3c(F)cc(F)cc3F)c3ccc4c(N(c5ccccc5-c5ccccc5)c5c(F)cc(F)cc5F)cc(N(c5ccccc5-c5ccccc5)c5c(F)cc(F)cc5F)c5ccc2c3c54)c(F)c1. The molecule has 0 amide bonds. The van der Waals surface area contributed by atoms with Gasteiger partial charge in [-0.3, -0.25) is 0 Å². The number of anilines is 12. The van der Waals surface area contributed by atoms with Gasteiger partial charge in [-0.15, -0.1) is 0 Å². The van der Waals surface area contributed by atoms with Crippen LogP contribution in [0.3, 0.4) is 0 Å². The summed E-state index contributed by atoms with van der Waals surface area (Å²) in [5, 5.41) is 0.268. The standard InChI is InChI=1S/C88H50F12N4/c89-55-41-67(93)85(68(94)42-55)101(75-33-17-13-29-59(75)51-21-5-1-6-22-51)79-49-80(102(86-69(95)43-56(90)44-70(86)96)76-34-18-14-30-60(76)52-23-7-2-8-24-52)64-39-40-66-82(104(88-73(99)47-58(92)48-74(88)100)78-36-20-16-32-62(78)54-27-11-4-12-28-54)50-81(65-38-37-63(79)83(64)84(65)66)103(87-71(97)45-57(91)46-72(87)98)77-35-19-15-31-61(77)53-25-9-3-10-26-53/h1-50H. The molecule has 104 heavy (non-hydrogen) atoms. The highest BCUT2D eigenvalue weighted by atomic mass is 19.2. The summed E-state index contributed by atoms with van der Waals surface area (Å²) in [6, 6.07) is 74.0. The minimum absolute atomic E-state index is 0.0264. The average Bonchev–Trinajstić information content (AvgIpc) is 0.695. The number of halogens is 12. The van der Waals surface area contributed by atoms with Crippen molar-refractivity contribution in [2.45, 2.75) is 0 Å². The summed E-state index contributed by atoms with van der Waals surface area (Å²) >= 11 is 0. The Morgan fingerprint density at radius 3 is 0.529 bits per heavy atom. The van der Waals surface area contributed by atoms with E-state index < -0.39 is 92.6 Å². The number of hydrogen-bond donors (Lipinski definition) is 0. The molecule has 0 aliphatic heterocycles. The Balaban J connectivity index is 1.17. The van der Waals surface area contributed by atoms with Crippen molar-refractivity contribution in [3.63, 3.8) is 0 Å². The van der Waals surface area contributed by atoms with Crippen molar-refractivity contribution in [3.05, 3.63) is 373 Å². The topological polar surface area (TPSA) is 13.0 Å². The Bertz CT molecular complexity index is 5190. The molecule has 0 spiro atoms. The van der Waals surface area contributed by atoms with Crippen LogP contribution in [0.25, 0.3) is 76.8 Å². The molecule has 16 aromatic rings. The van der Waals surface area contributed by atoms with Crippen LogP contribution in [0, 0.1) is 69.8 Å². The van der Waals surface area contributed by atoms with Gasteiger partial charge < -0.3 is 19.6 Å². The van der Waals surface area contributed by atoms with Gasteiger partial charge in [0.1, 0.15) is 46.0 Å². The molecule has 0 saturated carbocycles. The molecular weight excluding hydrogens is 1340 g/mol. The van der Waals surface area contributed by atoms with Gasteiger partial charge in [0.25, 0.3) is 0 Å². The van der Waals surface area contributed by atoms with Gasteiger partial charge in [-0.1, -0.05) is 218 Å². The third kappa shape index (κ3) is 11.5. The van der Waals surface area contributed by atoms with Crippen molar-refractivity contribution in [3.8, 4) is 44.5 Å². The van der Waals surface area contributed by atoms with Gasteiger partial charge >= 0.3 is 0 Å². The van der Waals surface area contributed by atoms with Crippen molar-refractivity contribution < 1.29 is 52.7 Å². The lowest BCUT2D eigenvalue weighted by Crippen LogP contribution is -2.20. The largest absolute Gasteiger partial charge is 0.304 e.